The molecule has 0 saturated heterocycles. The molecule has 84 valence electrons. The van der Waals surface area contributed by atoms with Crippen molar-refractivity contribution in [2.24, 2.45) is 17.8 Å². The normalized spacial score (nSPS) is 33.6. The topological polar surface area (TPSA) is 21.3 Å². The summed E-state index contributed by atoms with van der Waals surface area (Å²) in [5, 5.41) is 0. The van der Waals surface area contributed by atoms with E-state index < -0.39 is 0 Å². The largest absolute Gasteiger partial charge is 0.302 e. The standard InChI is InChI=1S/C12H25NO/c1-5-14-13-12-8-10(4)6-7-11(12)9(2)3/h9-13H,5-8H2,1-4H3. The maximum Gasteiger partial charge on any atom is 0.0654 e. The first kappa shape index (κ1) is 12.0. The number of rotatable bonds is 4. The van der Waals surface area contributed by atoms with E-state index in [9.17, 15) is 0 Å². The highest BCUT2D eigenvalue weighted by atomic mass is 16.6. The van der Waals surface area contributed by atoms with E-state index in [4.69, 9.17) is 4.84 Å². The van der Waals surface area contributed by atoms with Crippen LogP contribution in [0.25, 0.3) is 0 Å². The zero-order valence-corrected chi connectivity index (χ0v) is 10.0. The van der Waals surface area contributed by atoms with Gasteiger partial charge in [0.1, 0.15) is 0 Å². The lowest BCUT2D eigenvalue weighted by Crippen LogP contribution is -2.42. The monoisotopic (exact) mass is 199 g/mol. The van der Waals surface area contributed by atoms with Gasteiger partial charge in [-0.15, -0.1) is 0 Å². The van der Waals surface area contributed by atoms with Gasteiger partial charge in [-0.25, -0.2) is 0 Å². The molecule has 0 amide bonds. The van der Waals surface area contributed by atoms with E-state index in [2.05, 4.69) is 26.3 Å². The molecule has 0 heterocycles. The molecular formula is C12H25NO. The molecule has 2 nitrogen and oxygen atoms in total. The molecule has 1 aliphatic carbocycles. The zero-order chi connectivity index (χ0) is 10.6. The molecule has 0 aliphatic heterocycles. The van der Waals surface area contributed by atoms with Crippen molar-refractivity contribution in [1.29, 1.82) is 0 Å². The van der Waals surface area contributed by atoms with Gasteiger partial charge in [0.05, 0.1) is 6.61 Å². The molecule has 14 heavy (non-hydrogen) atoms. The molecule has 0 radical (unpaired) electrons. The minimum Gasteiger partial charge on any atom is -0.302 e. The number of hydrogen-bond acceptors (Lipinski definition) is 2. The third-order valence-corrected chi connectivity index (χ3v) is 3.40. The van der Waals surface area contributed by atoms with Crippen LogP contribution in [0.3, 0.4) is 0 Å². The Bertz CT molecular complexity index is 158. The molecule has 1 fully saturated rings. The summed E-state index contributed by atoms with van der Waals surface area (Å²) in [7, 11) is 0. The third kappa shape index (κ3) is 3.25. The first-order valence-corrected chi connectivity index (χ1v) is 6.02. The van der Waals surface area contributed by atoms with Crippen molar-refractivity contribution in [3.05, 3.63) is 0 Å². The molecule has 2 heteroatoms. The van der Waals surface area contributed by atoms with Crippen LogP contribution in [0.4, 0.5) is 0 Å². The van der Waals surface area contributed by atoms with Crippen LogP contribution in [0.1, 0.15) is 47.0 Å². The van der Waals surface area contributed by atoms with E-state index in [1.54, 1.807) is 0 Å². The lowest BCUT2D eigenvalue weighted by molar-refractivity contribution is -0.0169. The third-order valence-electron chi connectivity index (χ3n) is 3.40. The highest BCUT2D eigenvalue weighted by molar-refractivity contribution is 4.83. The summed E-state index contributed by atoms with van der Waals surface area (Å²) in [4.78, 5) is 5.35. The Hall–Kier alpha value is -0.0800. The van der Waals surface area contributed by atoms with Gasteiger partial charge in [0.25, 0.3) is 0 Å². The minimum atomic E-state index is 0.568. The van der Waals surface area contributed by atoms with Gasteiger partial charge in [-0.2, -0.15) is 5.48 Å². The molecule has 3 atom stereocenters. The van der Waals surface area contributed by atoms with Crippen molar-refractivity contribution >= 4 is 0 Å². The van der Waals surface area contributed by atoms with Crippen molar-refractivity contribution < 1.29 is 4.84 Å². The maximum absolute atomic E-state index is 5.35. The van der Waals surface area contributed by atoms with Gasteiger partial charge in [-0.05, 0) is 37.5 Å². The summed E-state index contributed by atoms with van der Waals surface area (Å²) < 4.78 is 0. The minimum absolute atomic E-state index is 0.568. The maximum atomic E-state index is 5.35. The van der Waals surface area contributed by atoms with E-state index in [0.29, 0.717) is 6.04 Å². The smallest absolute Gasteiger partial charge is 0.0654 e. The average molecular weight is 199 g/mol. The zero-order valence-electron chi connectivity index (χ0n) is 10.0. The predicted molar refractivity (Wildman–Crippen MR) is 59.9 cm³/mol. The SMILES string of the molecule is CCONC1CC(C)CCC1C(C)C. The van der Waals surface area contributed by atoms with Gasteiger partial charge in [-0.3, -0.25) is 0 Å². The Balaban J connectivity index is 2.45. The Kier molecular flexibility index (Phi) is 4.90. The Morgan fingerprint density at radius 1 is 1.36 bits per heavy atom. The van der Waals surface area contributed by atoms with E-state index in [1.165, 1.54) is 19.3 Å². The summed E-state index contributed by atoms with van der Waals surface area (Å²) in [6.07, 6.45) is 4.00. The molecule has 0 aromatic heterocycles. The van der Waals surface area contributed by atoms with Gasteiger partial charge in [0.2, 0.25) is 0 Å². The van der Waals surface area contributed by atoms with Gasteiger partial charge in [0, 0.05) is 6.04 Å². The van der Waals surface area contributed by atoms with Crippen LogP contribution < -0.4 is 5.48 Å². The summed E-state index contributed by atoms with van der Waals surface area (Å²) in [5.74, 6) is 2.40. The summed E-state index contributed by atoms with van der Waals surface area (Å²) >= 11 is 0. The van der Waals surface area contributed by atoms with E-state index in [-0.39, 0.29) is 0 Å². The first-order valence-electron chi connectivity index (χ1n) is 6.02. The van der Waals surface area contributed by atoms with Crippen molar-refractivity contribution in [3.63, 3.8) is 0 Å². The van der Waals surface area contributed by atoms with Gasteiger partial charge in [-0.1, -0.05) is 27.2 Å². The van der Waals surface area contributed by atoms with Crippen LogP contribution in [0.15, 0.2) is 0 Å². The summed E-state index contributed by atoms with van der Waals surface area (Å²) in [5.41, 5.74) is 3.23. The van der Waals surface area contributed by atoms with Crippen molar-refractivity contribution in [2.75, 3.05) is 6.61 Å². The average Bonchev–Trinajstić information content (AvgIpc) is 2.14. The second kappa shape index (κ2) is 5.72. The highest BCUT2D eigenvalue weighted by Crippen LogP contribution is 2.33. The van der Waals surface area contributed by atoms with Gasteiger partial charge in [0.15, 0.2) is 0 Å². The lowest BCUT2D eigenvalue weighted by atomic mass is 9.74. The van der Waals surface area contributed by atoms with Crippen LogP contribution in [0.2, 0.25) is 0 Å². The first-order chi connectivity index (χ1) is 6.65. The second-order valence-corrected chi connectivity index (χ2v) is 4.98. The lowest BCUT2D eigenvalue weighted by Gasteiger charge is -2.37. The number of nitrogens with one attached hydrogen (secondary N) is 1. The Labute approximate surface area is 88.4 Å². The van der Waals surface area contributed by atoms with Crippen LogP contribution in [-0.2, 0) is 4.84 Å². The fourth-order valence-electron chi connectivity index (χ4n) is 2.53. The predicted octanol–water partition coefficient (Wildman–Crippen LogP) is 2.99. The van der Waals surface area contributed by atoms with E-state index >= 15 is 0 Å². The highest BCUT2D eigenvalue weighted by Gasteiger charge is 2.30. The van der Waals surface area contributed by atoms with Gasteiger partial charge >= 0.3 is 0 Å². The summed E-state index contributed by atoms with van der Waals surface area (Å²) in [6, 6.07) is 0.568. The van der Waals surface area contributed by atoms with E-state index in [1.807, 2.05) is 6.92 Å². The van der Waals surface area contributed by atoms with Crippen LogP contribution >= 0.6 is 0 Å². The Morgan fingerprint density at radius 3 is 2.64 bits per heavy atom. The van der Waals surface area contributed by atoms with Crippen molar-refractivity contribution in [1.82, 2.24) is 5.48 Å². The number of hydrogen-bond donors (Lipinski definition) is 1. The quantitative estimate of drug-likeness (QED) is 0.703. The second-order valence-electron chi connectivity index (χ2n) is 4.98. The van der Waals surface area contributed by atoms with Crippen molar-refractivity contribution in [3.8, 4) is 0 Å². The summed E-state index contributed by atoms with van der Waals surface area (Å²) in [6.45, 7) is 9.78. The fraction of sp³-hybridized carbons (Fsp3) is 1.00. The molecule has 1 aliphatic rings. The molecule has 0 spiro atoms. The fourth-order valence-corrected chi connectivity index (χ4v) is 2.53. The van der Waals surface area contributed by atoms with Crippen LogP contribution in [0, 0.1) is 17.8 Å². The number of hydroxylamine groups is 1. The van der Waals surface area contributed by atoms with Crippen LogP contribution in [0.5, 0.6) is 0 Å². The van der Waals surface area contributed by atoms with E-state index in [0.717, 1.165) is 24.4 Å². The van der Waals surface area contributed by atoms with Crippen LogP contribution in [-0.4, -0.2) is 12.6 Å². The molecule has 0 bridgehead atoms. The molecule has 0 aromatic carbocycles. The molecule has 0 aromatic rings. The molecule has 3 unspecified atom stereocenters. The molecular weight excluding hydrogens is 174 g/mol. The molecule has 1 rings (SSSR count). The molecule has 1 N–H and O–H groups in total. The Morgan fingerprint density at radius 2 is 2.07 bits per heavy atom. The molecule has 1 saturated carbocycles. The van der Waals surface area contributed by atoms with Gasteiger partial charge < -0.3 is 4.84 Å². The van der Waals surface area contributed by atoms with Crippen molar-refractivity contribution in [2.45, 2.75) is 53.0 Å².